The molecular formula is C21H19N3O4S. The summed E-state index contributed by atoms with van der Waals surface area (Å²) in [6.07, 6.45) is 3.19. The minimum absolute atomic E-state index is 0.140. The highest BCUT2D eigenvalue weighted by atomic mass is 32.2. The first kappa shape index (κ1) is 18.9. The summed E-state index contributed by atoms with van der Waals surface area (Å²) in [5.74, 6) is 1.80. The Kier molecular flexibility index (Phi) is 5.44. The van der Waals surface area contributed by atoms with Crippen LogP contribution in [-0.2, 0) is 4.79 Å². The van der Waals surface area contributed by atoms with E-state index in [4.69, 9.17) is 13.6 Å². The molecule has 1 unspecified atom stereocenters. The largest absolute Gasteiger partial charge is 0.497 e. The number of nitrogens with one attached hydrogen (secondary N) is 2. The van der Waals surface area contributed by atoms with Crippen LogP contribution in [0.1, 0.15) is 6.92 Å². The first-order chi connectivity index (χ1) is 14.1. The number of ether oxygens (including phenoxy) is 1. The van der Waals surface area contributed by atoms with Gasteiger partial charge in [-0.2, -0.15) is 0 Å². The van der Waals surface area contributed by atoms with E-state index >= 15 is 0 Å². The normalized spacial score (nSPS) is 11.9. The van der Waals surface area contributed by atoms with Crippen LogP contribution in [0.25, 0.3) is 22.9 Å². The second kappa shape index (κ2) is 8.32. The van der Waals surface area contributed by atoms with Gasteiger partial charge in [0.25, 0.3) is 0 Å². The van der Waals surface area contributed by atoms with Crippen LogP contribution in [0.5, 0.6) is 5.75 Å². The molecule has 3 aromatic heterocycles. The molecule has 148 valence electrons. The van der Waals surface area contributed by atoms with Gasteiger partial charge in [0.15, 0.2) is 16.7 Å². The van der Waals surface area contributed by atoms with Gasteiger partial charge in [0, 0.05) is 11.8 Å². The number of methoxy groups -OCH3 is 1. The molecule has 4 aromatic rings. The van der Waals surface area contributed by atoms with Crippen molar-refractivity contribution >= 4 is 23.4 Å². The maximum absolute atomic E-state index is 12.6. The minimum atomic E-state index is -0.388. The minimum Gasteiger partial charge on any atom is -0.497 e. The lowest BCUT2D eigenvalue weighted by atomic mass is 10.2. The molecule has 1 amide bonds. The lowest BCUT2D eigenvalue weighted by molar-refractivity contribution is -0.115. The standard InChI is InChI=1S/C21H19N3O4S/c1-13(20(25)22-14-6-3-7-15(12-14)26-2)29-21-23-18(16-8-4-10-27-16)19(24-21)17-9-5-11-28-17/h3-13H,1-2H3,(H,22,25)(H,23,24). The molecule has 0 aliphatic rings. The van der Waals surface area contributed by atoms with Crippen molar-refractivity contribution in [1.82, 2.24) is 9.97 Å². The molecule has 0 fully saturated rings. The highest BCUT2D eigenvalue weighted by molar-refractivity contribution is 8.00. The zero-order valence-corrected chi connectivity index (χ0v) is 16.7. The third-order valence-electron chi connectivity index (χ3n) is 4.20. The fourth-order valence-corrected chi connectivity index (χ4v) is 3.57. The molecule has 3 heterocycles. The van der Waals surface area contributed by atoms with Crippen molar-refractivity contribution in [3.05, 3.63) is 61.1 Å². The Balaban J connectivity index is 1.53. The number of nitrogens with zero attached hydrogens (tertiary/aromatic N) is 1. The van der Waals surface area contributed by atoms with Crippen molar-refractivity contribution in [1.29, 1.82) is 0 Å². The Bertz CT molecular complexity index is 1040. The summed E-state index contributed by atoms with van der Waals surface area (Å²) in [4.78, 5) is 20.5. The fraction of sp³-hybridized carbons (Fsp3) is 0.143. The molecule has 29 heavy (non-hydrogen) atoms. The van der Waals surface area contributed by atoms with E-state index in [0.29, 0.717) is 39.5 Å². The number of carbonyl (C=O) groups is 1. The monoisotopic (exact) mass is 409 g/mol. The summed E-state index contributed by atoms with van der Waals surface area (Å²) in [5, 5.41) is 3.10. The fourth-order valence-electron chi connectivity index (χ4n) is 2.76. The Labute approximate surface area is 171 Å². The topological polar surface area (TPSA) is 93.3 Å². The van der Waals surface area contributed by atoms with Crippen molar-refractivity contribution in [2.75, 3.05) is 12.4 Å². The third kappa shape index (κ3) is 4.22. The summed E-state index contributed by atoms with van der Waals surface area (Å²) in [6.45, 7) is 1.82. The molecule has 0 aliphatic carbocycles. The van der Waals surface area contributed by atoms with Gasteiger partial charge in [0.2, 0.25) is 5.91 Å². The van der Waals surface area contributed by atoms with Crippen LogP contribution in [0.15, 0.2) is 75.0 Å². The summed E-state index contributed by atoms with van der Waals surface area (Å²) >= 11 is 1.32. The Morgan fingerprint density at radius 1 is 1.14 bits per heavy atom. The predicted molar refractivity (Wildman–Crippen MR) is 111 cm³/mol. The first-order valence-corrected chi connectivity index (χ1v) is 9.81. The SMILES string of the molecule is COc1cccc(NC(=O)C(C)Sc2nc(-c3ccco3)c(-c3ccco3)[nH]2)c1. The molecule has 1 aromatic carbocycles. The number of thioether (sulfide) groups is 1. The van der Waals surface area contributed by atoms with E-state index < -0.39 is 0 Å². The van der Waals surface area contributed by atoms with Gasteiger partial charge >= 0.3 is 0 Å². The molecule has 7 nitrogen and oxygen atoms in total. The van der Waals surface area contributed by atoms with E-state index in [2.05, 4.69) is 15.3 Å². The molecule has 0 saturated carbocycles. The molecule has 0 saturated heterocycles. The third-order valence-corrected chi connectivity index (χ3v) is 5.18. The smallest absolute Gasteiger partial charge is 0.237 e. The van der Waals surface area contributed by atoms with Crippen LogP contribution in [0.2, 0.25) is 0 Å². The van der Waals surface area contributed by atoms with Gasteiger partial charge in [0.05, 0.1) is 24.9 Å². The highest BCUT2D eigenvalue weighted by Crippen LogP contribution is 2.34. The Morgan fingerprint density at radius 2 is 1.90 bits per heavy atom. The molecule has 0 aliphatic heterocycles. The van der Waals surface area contributed by atoms with Crippen LogP contribution in [0.4, 0.5) is 5.69 Å². The zero-order chi connectivity index (χ0) is 20.2. The molecular weight excluding hydrogens is 390 g/mol. The quantitative estimate of drug-likeness (QED) is 0.415. The van der Waals surface area contributed by atoms with Crippen molar-refractivity contribution < 1.29 is 18.4 Å². The van der Waals surface area contributed by atoms with Crippen LogP contribution in [0, 0.1) is 0 Å². The lowest BCUT2D eigenvalue weighted by Crippen LogP contribution is -2.22. The predicted octanol–water partition coefficient (Wildman–Crippen LogP) is 5.06. The second-order valence-corrected chi connectivity index (χ2v) is 7.53. The number of anilines is 1. The van der Waals surface area contributed by atoms with Crippen LogP contribution in [0.3, 0.4) is 0 Å². The summed E-state index contributed by atoms with van der Waals surface area (Å²) < 4.78 is 16.2. The zero-order valence-electron chi connectivity index (χ0n) is 15.8. The number of rotatable bonds is 7. The van der Waals surface area contributed by atoms with E-state index in [0.717, 1.165) is 0 Å². The number of imidazole rings is 1. The van der Waals surface area contributed by atoms with Gasteiger partial charge in [0.1, 0.15) is 17.1 Å². The maximum Gasteiger partial charge on any atom is 0.237 e. The van der Waals surface area contributed by atoms with Gasteiger partial charge in [-0.3, -0.25) is 4.79 Å². The number of aromatic amines is 1. The number of hydrogen-bond donors (Lipinski definition) is 2. The number of carbonyl (C=O) groups excluding carboxylic acids is 1. The molecule has 0 radical (unpaired) electrons. The van der Waals surface area contributed by atoms with Gasteiger partial charge < -0.3 is 23.9 Å². The Hall–Kier alpha value is -3.39. The number of aromatic nitrogens is 2. The summed E-state index contributed by atoms with van der Waals surface area (Å²) in [5.41, 5.74) is 2.01. The van der Waals surface area contributed by atoms with Crippen LogP contribution in [-0.4, -0.2) is 28.2 Å². The maximum atomic E-state index is 12.6. The number of amides is 1. The summed E-state index contributed by atoms with van der Waals surface area (Å²) in [6, 6.07) is 14.5. The number of benzene rings is 1. The van der Waals surface area contributed by atoms with Gasteiger partial charge in [-0.1, -0.05) is 17.8 Å². The molecule has 0 bridgehead atoms. The van der Waals surface area contributed by atoms with E-state index in [-0.39, 0.29) is 11.2 Å². The van der Waals surface area contributed by atoms with Crippen molar-refractivity contribution in [2.45, 2.75) is 17.3 Å². The van der Waals surface area contributed by atoms with Crippen molar-refractivity contribution in [3.63, 3.8) is 0 Å². The van der Waals surface area contributed by atoms with E-state index in [1.54, 1.807) is 37.8 Å². The van der Waals surface area contributed by atoms with E-state index in [1.165, 1.54) is 11.8 Å². The average molecular weight is 409 g/mol. The van der Waals surface area contributed by atoms with Gasteiger partial charge in [-0.25, -0.2) is 4.98 Å². The number of furan rings is 2. The number of hydrogen-bond acceptors (Lipinski definition) is 6. The average Bonchev–Trinajstić information content (AvgIpc) is 3.48. The first-order valence-electron chi connectivity index (χ1n) is 8.93. The van der Waals surface area contributed by atoms with E-state index in [1.807, 2.05) is 37.3 Å². The van der Waals surface area contributed by atoms with E-state index in [9.17, 15) is 4.79 Å². The van der Waals surface area contributed by atoms with Crippen LogP contribution >= 0.6 is 11.8 Å². The van der Waals surface area contributed by atoms with Gasteiger partial charge in [-0.05, 0) is 43.3 Å². The van der Waals surface area contributed by atoms with Gasteiger partial charge in [-0.15, -0.1) is 0 Å². The molecule has 2 N–H and O–H groups in total. The summed E-state index contributed by atoms with van der Waals surface area (Å²) in [7, 11) is 1.59. The Morgan fingerprint density at radius 3 is 2.59 bits per heavy atom. The molecule has 8 heteroatoms. The van der Waals surface area contributed by atoms with Crippen molar-refractivity contribution in [2.24, 2.45) is 0 Å². The highest BCUT2D eigenvalue weighted by Gasteiger charge is 2.22. The molecule has 1 atom stereocenters. The molecule has 4 rings (SSSR count). The number of H-pyrrole nitrogens is 1. The molecule has 0 spiro atoms. The van der Waals surface area contributed by atoms with Crippen molar-refractivity contribution in [3.8, 4) is 28.7 Å². The second-order valence-electron chi connectivity index (χ2n) is 6.20. The van der Waals surface area contributed by atoms with Crippen LogP contribution < -0.4 is 10.1 Å². The lowest BCUT2D eigenvalue weighted by Gasteiger charge is -2.11.